The molecule has 1 N–H and O–H groups in total. The molecule has 126 valence electrons. The van der Waals surface area contributed by atoms with Gasteiger partial charge in [0.05, 0.1) is 5.52 Å². The van der Waals surface area contributed by atoms with E-state index in [4.69, 9.17) is 4.74 Å². The van der Waals surface area contributed by atoms with Gasteiger partial charge in [0.1, 0.15) is 18.1 Å². The van der Waals surface area contributed by atoms with Crippen LogP contribution in [0.15, 0.2) is 24.4 Å². The first-order valence-corrected chi connectivity index (χ1v) is 8.04. The molecule has 2 heterocycles. The molecule has 24 heavy (non-hydrogen) atoms. The van der Waals surface area contributed by atoms with Crippen molar-refractivity contribution in [3.63, 3.8) is 0 Å². The third-order valence-electron chi connectivity index (χ3n) is 4.26. The minimum absolute atomic E-state index is 0.0176. The molecule has 0 spiro atoms. The van der Waals surface area contributed by atoms with Crippen molar-refractivity contribution in [2.75, 3.05) is 0 Å². The Labute approximate surface area is 139 Å². The number of fused-ring (bicyclic) bond motifs is 1. The molecule has 5 heteroatoms. The molecule has 3 aromatic rings. The molecule has 3 rings (SSSR count). The Morgan fingerprint density at radius 1 is 1.21 bits per heavy atom. The number of hydrogen-bond acceptors (Lipinski definition) is 2. The molecule has 0 unspecified atom stereocenters. The van der Waals surface area contributed by atoms with Gasteiger partial charge >= 0.3 is 0 Å². The number of benzene rings is 1. The minimum atomic E-state index is -0.715. The van der Waals surface area contributed by atoms with Crippen LogP contribution >= 0.6 is 0 Å². The first-order valence-electron chi connectivity index (χ1n) is 8.04. The van der Waals surface area contributed by atoms with E-state index in [0.29, 0.717) is 5.69 Å². The molecule has 1 aromatic carbocycles. The van der Waals surface area contributed by atoms with Crippen molar-refractivity contribution in [2.24, 2.45) is 0 Å². The Morgan fingerprint density at radius 2 is 2.00 bits per heavy atom. The Balaban J connectivity index is 1.95. The molecule has 0 saturated heterocycles. The van der Waals surface area contributed by atoms with Crippen LogP contribution in [0.25, 0.3) is 10.9 Å². The summed E-state index contributed by atoms with van der Waals surface area (Å²) in [7, 11) is 0. The van der Waals surface area contributed by atoms with Gasteiger partial charge in [-0.15, -0.1) is 0 Å². The van der Waals surface area contributed by atoms with Crippen molar-refractivity contribution in [3.05, 3.63) is 58.5 Å². The molecule has 0 aliphatic carbocycles. The van der Waals surface area contributed by atoms with Gasteiger partial charge in [-0.2, -0.15) is 0 Å². The molecule has 0 atom stereocenters. The van der Waals surface area contributed by atoms with E-state index in [9.17, 15) is 8.78 Å². The van der Waals surface area contributed by atoms with Crippen LogP contribution in [-0.4, -0.2) is 9.97 Å². The normalized spacial score (nSPS) is 11.2. The fourth-order valence-electron chi connectivity index (χ4n) is 2.93. The number of nitrogens with one attached hydrogen (secondary N) is 1. The quantitative estimate of drug-likeness (QED) is 0.716. The highest BCUT2D eigenvalue weighted by atomic mass is 19.1. The maximum absolute atomic E-state index is 13.7. The van der Waals surface area contributed by atoms with Crippen LogP contribution in [0, 0.1) is 25.5 Å². The monoisotopic (exact) mass is 330 g/mol. The Bertz CT molecular complexity index is 887. The molecule has 0 bridgehead atoms. The van der Waals surface area contributed by atoms with Gasteiger partial charge in [-0.3, -0.25) is 4.98 Å². The second-order valence-electron chi connectivity index (χ2n) is 5.97. The van der Waals surface area contributed by atoms with Crippen molar-refractivity contribution >= 4 is 10.9 Å². The first-order chi connectivity index (χ1) is 11.5. The topological polar surface area (TPSA) is 37.9 Å². The number of aromatic nitrogens is 2. The predicted molar refractivity (Wildman–Crippen MR) is 90.3 cm³/mol. The zero-order valence-corrected chi connectivity index (χ0v) is 14.0. The van der Waals surface area contributed by atoms with Crippen molar-refractivity contribution in [1.82, 2.24) is 9.97 Å². The fraction of sp³-hybridized carbons (Fsp3) is 0.316. The molecule has 0 aliphatic heterocycles. The lowest BCUT2D eigenvalue weighted by atomic mass is 10.0. The third kappa shape index (κ3) is 2.98. The largest absolute Gasteiger partial charge is 0.484 e. The SMILES string of the molecule is CCCc1cnc(COc2ccc(F)cc2F)c2[nH]c(C)c(C)c12. The standard InChI is InChI=1S/C19H20F2N2O/c1-4-5-13-9-22-16(19-18(13)11(2)12(3)23-19)10-24-17-7-6-14(20)8-15(17)21/h6-9,23H,4-5,10H2,1-3H3. The molecule has 2 aromatic heterocycles. The first kappa shape index (κ1) is 16.4. The van der Waals surface area contributed by atoms with Gasteiger partial charge < -0.3 is 9.72 Å². The molecule has 3 nitrogen and oxygen atoms in total. The van der Waals surface area contributed by atoms with Gasteiger partial charge in [-0.05, 0) is 43.5 Å². The summed E-state index contributed by atoms with van der Waals surface area (Å²) in [6.45, 7) is 6.35. The van der Waals surface area contributed by atoms with Crippen molar-refractivity contribution in [3.8, 4) is 5.75 Å². The van der Waals surface area contributed by atoms with Crippen molar-refractivity contribution < 1.29 is 13.5 Å². The van der Waals surface area contributed by atoms with Crippen LogP contribution < -0.4 is 4.74 Å². The minimum Gasteiger partial charge on any atom is -0.484 e. The maximum atomic E-state index is 13.7. The number of hydrogen-bond donors (Lipinski definition) is 1. The van der Waals surface area contributed by atoms with E-state index in [1.54, 1.807) is 0 Å². The van der Waals surface area contributed by atoms with Gasteiger partial charge in [0.15, 0.2) is 11.6 Å². The number of aryl methyl sites for hydroxylation is 3. The second kappa shape index (κ2) is 6.59. The lowest BCUT2D eigenvalue weighted by molar-refractivity contribution is 0.286. The van der Waals surface area contributed by atoms with E-state index in [-0.39, 0.29) is 12.4 Å². The Morgan fingerprint density at radius 3 is 2.71 bits per heavy atom. The smallest absolute Gasteiger partial charge is 0.167 e. The highest BCUT2D eigenvalue weighted by molar-refractivity contribution is 5.89. The molecular weight excluding hydrogens is 310 g/mol. The van der Waals surface area contributed by atoms with E-state index in [1.165, 1.54) is 28.6 Å². The van der Waals surface area contributed by atoms with E-state index in [2.05, 4.69) is 23.8 Å². The van der Waals surface area contributed by atoms with Crippen molar-refractivity contribution in [1.29, 1.82) is 0 Å². The van der Waals surface area contributed by atoms with Gasteiger partial charge in [0.2, 0.25) is 0 Å². The maximum Gasteiger partial charge on any atom is 0.167 e. The van der Waals surface area contributed by atoms with Crippen LogP contribution in [0.2, 0.25) is 0 Å². The van der Waals surface area contributed by atoms with Crippen LogP contribution in [0.3, 0.4) is 0 Å². The number of halogens is 2. The number of aromatic amines is 1. The van der Waals surface area contributed by atoms with Crippen molar-refractivity contribution in [2.45, 2.75) is 40.2 Å². The lowest BCUT2D eigenvalue weighted by Gasteiger charge is -2.10. The zero-order chi connectivity index (χ0) is 17.3. The number of pyridine rings is 1. The van der Waals surface area contributed by atoms with Gasteiger partial charge in [-0.25, -0.2) is 8.78 Å². The van der Waals surface area contributed by atoms with E-state index in [1.807, 2.05) is 13.1 Å². The zero-order valence-electron chi connectivity index (χ0n) is 14.0. The van der Waals surface area contributed by atoms with Gasteiger partial charge in [-0.1, -0.05) is 13.3 Å². The fourth-order valence-corrected chi connectivity index (χ4v) is 2.93. The van der Waals surface area contributed by atoms with Crippen LogP contribution in [-0.2, 0) is 13.0 Å². The van der Waals surface area contributed by atoms with E-state index >= 15 is 0 Å². The molecule has 0 saturated carbocycles. The molecule has 0 amide bonds. The predicted octanol–water partition coefficient (Wildman–Crippen LogP) is 4.99. The van der Waals surface area contributed by atoms with Crippen LogP contribution in [0.5, 0.6) is 5.75 Å². The second-order valence-corrected chi connectivity index (χ2v) is 5.97. The highest BCUT2D eigenvalue weighted by Crippen LogP contribution is 2.28. The Hall–Kier alpha value is -2.43. The van der Waals surface area contributed by atoms with E-state index < -0.39 is 11.6 Å². The molecule has 0 fully saturated rings. The highest BCUT2D eigenvalue weighted by Gasteiger charge is 2.15. The molecular formula is C19H20F2N2O. The summed E-state index contributed by atoms with van der Waals surface area (Å²) in [6.07, 6.45) is 3.86. The summed E-state index contributed by atoms with van der Waals surface area (Å²) in [5, 5.41) is 1.17. The number of nitrogens with zero attached hydrogens (tertiary/aromatic N) is 1. The lowest BCUT2D eigenvalue weighted by Crippen LogP contribution is -2.02. The summed E-state index contributed by atoms with van der Waals surface area (Å²) in [4.78, 5) is 7.85. The number of ether oxygens (including phenoxy) is 1. The number of rotatable bonds is 5. The average molecular weight is 330 g/mol. The average Bonchev–Trinajstić information content (AvgIpc) is 2.84. The van der Waals surface area contributed by atoms with Gasteiger partial charge in [0, 0.05) is 23.3 Å². The van der Waals surface area contributed by atoms with Gasteiger partial charge in [0.25, 0.3) is 0 Å². The van der Waals surface area contributed by atoms with Crippen LogP contribution in [0.1, 0.15) is 35.9 Å². The molecule has 0 radical (unpaired) electrons. The summed E-state index contributed by atoms with van der Waals surface area (Å²) in [6, 6.07) is 3.28. The Kier molecular flexibility index (Phi) is 4.51. The van der Waals surface area contributed by atoms with Crippen LogP contribution in [0.4, 0.5) is 8.78 Å². The summed E-state index contributed by atoms with van der Waals surface area (Å²) in [5.41, 5.74) is 5.13. The summed E-state index contributed by atoms with van der Waals surface area (Å²) in [5.74, 6) is -1.32. The summed E-state index contributed by atoms with van der Waals surface area (Å²) < 4.78 is 32.2. The van der Waals surface area contributed by atoms with E-state index in [0.717, 1.165) is 30.1 Å². The third-order valence-corrected chi connectivity index (χ3v) is 4.26. The number of H-pyrrole nitrogens is 1. The summed E-state index contributed by atoms with van der Waals surface area (Å²) >= 11 is 0. The molecule has 0 aliphatic rings.